The predicted molar refractivity (Wildman–Crippen MR) is 58.3 cm³/mol. The fraction of sp³-hybridized carbons (Fsp3) is 0.900. The summed E-state index contributed by atoms with van der Waals surface area (Å²) >= 11 is 0. The van der Waals surface area contributed by atoms with Gasteiger partial charge in [-0.15, -0.1) is 0 Å². The van der Waals surface area contributed by atoms with Crippen LogP contribution in [0.15, 0.2) is 0 Å². The average Bonchev–Trinajstić information content (AvgIpc) is 2.28. The molecule has 0 aliphatic carbocycles. The van der Waals surface area contributed by atoms with Crippen molar-refractivity contribution in [3.8, 4) is 0 Å². The Balaban J connectivity index is 2.22. The molecular formula is C10H18NO2S+. The van der Waals surface area contributed by atoms with Crippen molar-refractivity contribution in [1.29, 1.82) is 0 Å². The highest BCUT2D eigenvalue weighted by Crippen LogP contribution is 2.31. The van der Waals surface area contributed by atoms with E-state index >= 15 is 0 Å². The van der Waals surface area contributed by atoms with Gasteiger partial charge in [-0.3, -0.25) is 4.79 Å². The van der Waals surface area contributed by atoms with Gasteiger partial charge in [0.25, 0.3) is 5.91 Å². The van der Waals surface area contributed by atoms with E-state index in [1.54, 1.807) is 0 Å². The zero-order chi connectivity index (χ0) is 10.3. The minimum Gasteiger partial charge on any atom is -0.354 e. The van der Waals surface area contributed by atoms with E-state index in [4.69, 9.17) is 4.74 Å². The molecule has 2 heterocycles. The summed E-state index contributed by atoms with van der Waals surface area (Å²) in [4.78, 5) is 13.9. The van der Waals surface area contributed by atoms with E-state index < -0.39 is 0 Å². The first-order valence-corrected chi connectivity index (χ1v) is 7.03. The van der Waals surface area contributed by atoms with Crippen LogP contribution in [-0.4, -0.2) is 46.9 Å². The molecule has 3 nitrogen and oxygen atoms in total. The molecule has 0 aromatic heterocycles. The van der Waals surface area contributed by atoms with Crippen LogP contribution in [0.3, 0.4) is 0 Å². The molecule has 1 amide bonds. The number of hydrogen-bond donors (Lipinski definition) is 0. The first-order chi connectivity index (χ1) is 6.50. The van der Waals surface area contributed by atoms with Crippen molar-refractivity contribution in [3.63, 3.8) is 0 Å². The lowest BCUT2D eigenvalue weighted by Gasteiger charge is -2.31. The smallest absolute Gasteiger partial charge is 0.275 e. The number of carbonyl (C=O) groups is 1. The standard InChI is InChI=1S/C10H18NO2S/c1-10(2)11-8(6-13-10)4-5-14(3)7-9(11)12/h8H,4-7H2,1-3H3/q+1/t8-,14?/m0/s1. The summed E-state index contributed by atoms with van der Waals surface area (Å²) < 4.78 is 5.66. The summed E-state index contributed by atoms with van der Waals surface area (Å²) in [6.45, 7) is 4.70. The predicted octanol–water partition coefficient (Wildman–Crippen LogP) is 0.602. The Bertz CT molecular complexity index is 255. The van der Waals surface area contributed by atoms with E-state index in [1.165, 1.54) is 5.75 Å². The Morgan fingerprint density at radius 1 is 1.57 bits per heavy atom. The van der Waals surface area contributed by atoms with Crippen LogP contribution < -0.4 is 0 Å². The maximum absolute atomic E-state index is 12.0. The van der Waals surface area contributed by atoms with E-state index in [0.717, 1.165) is 13.0 Å². The number of ether oxygens (including phenoxy) is 1. The van der Waals surface area contributed by atoms with Gasteiger partial charge < -0.3 is 9.64 Å². The van der Waals surface area contributed by atoms with E-state index in [-0.39, 0.29) is 22.5 Å². The van der Waals surface area contributed by atoms with Crippen LogP contribution in [0.5, 0.6) is 0 Å². The van der Waals surface area contributed by atoms with Gasteiger partial charge >= 0.3 is 0 Å². The molecule has 0 N–H and O–H groups in total. The molecule has 0 bridgehead atoms. The van der Waals surface area contributed by atoms with E-state index in [0.29, 0.717) is 11.8 Å². The topological polar surface area (TPSA) is 29.5 Å². The van der Waals surface area contributed by atoms with Crippen LogP contribution in [0, 0.1) is 0 Å². The second kappa shape index (κ2) is 3.42. The molecule has 2 rings (SSSR count). The molecule has 0 radical (unpaired) electrons. The largest absolute Gasteiger partial charge is 0.354 e. The summed E-state index contributed by atoms with van der Waals surface area (Å²) in [5.74, 6) is 2.16. The third-order valence-electron chi connectivity index (χ3n) is 3.01. The third-order valence-corrected chi connectivity index (χ3v) is 4.68. The highest BCUT2D eigenvalue weighted by molar-refractivity contribution is 7.96. The van der Waals surface area contributed by atoms with Gasteiger partial charge in [0.05, 0.1) is 18.9 Å². The van der Waals surface area contributed by atoms with Crippen molar-refractivity contribution >= 4 is 16.8 Å². The number of nitrogens with zero attached hydrogens (tertiary/aromatic N) is 1. The van der Waals surface area contributed by atoms with Crippen LogP contribution in [0.25, 0.3) is 0 Å². The van der Waals surface area contributed by atoms with Gasteiger partial charge in [-0.05, 0) is 24.7 Å². The highest BCUT2D eigenvalue weighted by Gasteiger charge is 2.47. The van der Waals surface area contributed by atoms with Crippen LogP contribution in [0.2, 0.25) is 0 Å². The summed E-state index contributed by atoms with van der Waals surface area (Å²) in [7, 11) is 0.273. The van der Waals surface area contributed by atoms with Gasteiger partial charge in [-0.2, -0.15) is 0 Å². The first-order valence-electron chi connectivity index (χ1n) is 5.06. The molecule has 4 heteroatoms. The monoisotopic (exact) mass is 216 g/mol. The van der Waals surface area contributed by atoms with Crippen molar-refractivity contribution in [2.45, 2.75) is 32.0 Å². The Hall–Kier alpha value is -0.220. The molecular weight excluding hydrogens is 198 g/mol. The molecule has 0 aromatic rings. The molecule has 2 aliphatic heterocycles. The molecule has 0 aromatic carbocycles. The molecule has 14 heavy (non-hydrogen) atoms. The molecule has 0 saturated carbocycles. The number of hydrogen-bond acceptors (Lipinski definition) is 2. The fourth-order valence-corrected chi connectivity index (χ4v) is 3.67. The molecule has 2 fully saturated rings. The van der Waals surface area contributed by atoms with Gasteiger partial charge in [0.1, 0.15) is 11.5 Å². The van der Waals surface area contributed by atoms with E-state index in [1.807, 2.05) is 18.7 Å². The Morgan fingerprint density at radius 2 is 2.29 bits per heavy atom. The zero-order valence-electron chi connectivity index (χ0n) is 9.08. The van der Waals surface area contributed by atoms with Crippen molar-refractivity contribution in [1.82, 2.24) is 4.90 Å². The van der Waals surface area contributed by atoms with E-state index in [9.17, 15) is 4.79 Å². The zero-order valence-corrected chi connectivity index (χ0v) is 9.89. The van der Waals surface area contributed by atoms with Crippen LogP contribution in [0.1, 0.15) is 20.3 Å². The van der Waals surface area contributed by atoms with Crippen molar-refractivity contribution < 1.29 is 9.53 Å². The normalized spacial score (nSPS) is 36.8. The maximum atomic E-state index is 12.0. The minimum atomic E-state index is -0.379. The molecule has 0 spiro atoms. The van der Waals surface area contributed by atoms with Gasteiger partial charge in [0.2, 0.25) is 0 Å². The van der Waals surface area contributed by atoms with Gasteiger partial charge in [-0.1, -0.05) is 0 Å². The molecule has 2 atom stereocenters. The molecule has 1 unspecified atom stereocenters. The SMILES string of the molecule is C[S+]1CC[C@H]2COC(C)(C)N2C(=O)C1. The second-order valence-corrected chi connectivity index (χ2v) is 6.85. The van der Waals surface area contributed by atoms with Crippen LogP contribution in [-0.2, 0) is 20.4 Å². The molecule has 80 valence electrons. The molecule has 2 saturated heterocycles. The van der Waals surface area contributed by atoms with Crippen molar-refractivity contribution in [3.05, 3.63) is 0 Å². The molecule has 2 aliphatic rings. The lowest BCUT2D eigenvalue weighted by atomic mass is 10.1. The van der Waals surface area contributed by atoms with Gasteiger partial charge in [-0.25, -0.2) is 0 Å². The Morgan fingerprint density at radius 3 is 3.00 bits per heavy atom. The lowest BCUT2D eigenvalue weighted by molar-refractivity contribution is -0.142. The number of rotatable bonds is 0. The summed E-state index contributed by atoms with van der Waals surface area (Å²) in [6.07, 6.45) is 3.29. The van der Waals surface area contributed by atoms with Crippen molar-refractivity contribution in [2.24, 2.45) is 0 Å². The maximum Gasteiger partial charge on any atom is 0.275 e. The number of carbonyl (C=O) groups excluding carboxylic acids is 1. The Labute approximate surface area is 88.1 Å². The van der Waals surface area contributed by atoms with Crippen LogP contribution >= 0.6 is 0 Å². The highest BCUT2D eigenvalue weighted by atomic mass is 32.2. The van der Waals surface area contributed by atoms with Crippen LogP contribution in [0.4, 0.5) is 0 Å². The lowest BCUT2D eigenvalue weighted by Crippen LogP contribution is -2.48. The van der Waals surface area contributed by atoms with Gasteiger partial charge in [0, 0.05) is 6.42 Å². The average molecular weight is 216 g/mol. The quantitative estimate of drug-likeness (QED) is 0.555. The number of fused-ring (bicyclic) bond motifs is 1. The van der Waals surface area contributed by atoms with E-state index in [2.05, 4.69) is 6.26 Å². The van der Waals surface area contributed by atoms with Gasteiger partial charge in [0.15, 0.2) is 5.75 Å². The minimum absolute atomic E-state index is 0.273. The summed E-state index contributed by atoms with van der Waals surface area (Å²) in [6, 6.07) is 0.329. The number of amides is 1. The Kier molecular flexibility index (Phi) is 2.52. The third kappa shape index (κ3) is 1.65. The summed E-state index contributed by atoms with van der Waals surface area (Å²) in [5, 5.41) is 0. The fourth-order valence-electron chi connectivity index (χ4n) is 2.29. The van der Waals surface area contributed by atoms with Crippen molar-refractivity contribution in [2.75, 3.05) is 24.4 Å². The second-order valence-electron chi connectivity index (χ2n) is 4.59. The first kappa shape index (κ1) is 10.3. The summed E-state index contributed by atoms with van der Waals surface area (Å²) in [5.41, 5.74) is -0.379.